The van der Waals surface area contributed by atoms with Crippen molar-refractivity contribution < 1.29 is 9.90 Å². The highest BCUT2D eigenvalue weighted by Crippen LogP contribution is 2.28. The zero-order chi connectivity index (χ0) is 14.5. The molecule has 0 aliphatic heterocycles. The van der Waals surface area contributed by atoms with Crippen molar-refractivity contribution in [3.05, 3.63) is 23.8 Å². The van der Waals surface area contributed by atoms with Crippen LogP contribution in [0.15, 0.2) is 23.3 Å². The predicted molar refractivity (Wildman–Crippen MR) is 80.1 cm³/mol. The molecule has 5 heteroatoms. The van der Waals surface area contributed by atoms with Crippen molar-refractivity contribution >= 4 is 17.8 Å². The van der Waals surface area contributed by atoms with Crippen molar-refractivity contribution in [2.75, 3.05) is 18.0 Å². The second kappa shape index (κ2) is 6.41. The Balaban J connectivity index is 2.01. The molecule has 1 saturated carbocycles. The number of hydrogen-bond donors (Lipinski definition) is 2. The number of benzene rings is 1. The number of amides is 1. The van der Waals surface area contributed by atoms with Crippen molar-refractivity contribution in [2.24, 2.45) is 11.0 Å². The Morgan fingerprint density at radius 1 is 1.45 bits per heavy atom. The second-order valence-corrected chi connectivity index (χ2v) is 4.92. The number of carbonyl (C=O) groups is 1. The van der Waals surface area contributed by atoms with E-state index in [-0.39, 0.29) is 17.6 Å². The molecule has 0 heterocycles. The van der Waals surface area contributed by atoms with E-state index in [2.05, 4.69) is 29.3 Å². The fourth-order valence-electron chi connectivity index (χ4n) is 2.03. The molecule has 1 fully saturated rings. The van der Waals surface area contributed by atoms with Crippen LogP contribution in [0.25, 0.3) is 0 Å². The highest BCUT2D eigenvalue weighted by molar-refractivity contribution is 5.86. The molecule has 0 aromatic heterocycles. The van der Waals surface area contributed by atoms with Crippen LogP contribution in [0.4, 0.5) is 5.69 Å². The topological polar surface area (TPSA) is 64.9 Å². The van der Waals surface area contributed by atoms with E-state index in [9.17, 15) is 9.90 Å². The maximum atomic E-state index is 11.4. The van der Waals surface area contributed by atoms with Gasteiger partial charge in [-0.2, -0.15) is 5.10 Å². The maximum absolute atomic E-state index is 11.4. The molecule has 5 nitrogen and oxygen atoms in total. The minimum Gasteiger partial charge on any atom is -0.507 e. The van der Waals surface area contributed by atoms with Gasteiger partial charge in [0.2, 0.25) is 5.91 Å². The summed E-state index contributed by atoms with van der Waals surface area (Å²) in [7, 11) is 0. The Labute approximate surface area is 119 Å². The fraction of sp³-hybridized carbons (Fsp3) is 0.467. The Hall–Kier alpha value is -2.04. The standard InChI is InChI=1S/C15H21N3O2/c1-3-18(4-2)13-8-7-12(14(19)9-13)10-16-17-15(20)11-5-6-11/h7-11,19H,3-6H2,1-2H3,(H,17,20)/b16-10-. The van der Waals surface area contributed by atoms with Gasteiger partial charge in [-0.1, -0.05) is 0 Å². The van der Waals surface area contributed by atoms with E-state index < -0.39 is 0 Å². The van der Waals surface area contributed by atoms with Crippen molar-refractivity contribution in [3.63, 3.8) is 0 Å². The molecular weight excluding hydrogens is 254 g/mol. The van der Waals surface area contributed by atoms with Crippen LogP contribution >= 0.6 is 0 Å². The molecule has 108 valence electrons. The van der Waals surface area contributed by atoms with Crippen LogP contribution in [-0.2, 0) is 4.79 Å². The van der Waals surface area contributed by atoms with Crippen LogP contribution in [0.2, 0.25) is 0 Å². The summed E-state index contributed by atoms with van der Waals surface area (Å²) in [5.74, 6) is 0.255. The molecule has 0 unspecified atom stereocenters. The summed E-state index contributed by atoms with van der Waals surface area (Å²) in [6, 6.07) is 5.46. The Morgan fingerprint density at radius 2 is 2.15 bits per heavy atom. The maximum Gasteiger partial charge on any atom is 0.243 e. The van der Waals surface area contributed by atoms with Crippen LogP contribution in [0.5, 0.6) is 5.75 Å². The van der Waals surface area contributed by atoms with Crippen LogP contribution in [-0.4, -0.2) is 30.3 Å². The van der Waals surface area contributed by atoms with Crippen LogP contribution < -0.4 is 10.3 Å². The number of hydrogen-bond acceptors (Lipinski definition) is 4. The summed E-state index contributed by atoms with van der Waals surface area (Å²) in [4.78, 5) is 13.6. The molecule has 1 aromatic carbocycles. The van der Waals surface area contributed by atoms with Gasteiger partial charge in [-0.3, -0.25) is 4.79 Å². The first-order chi connectivity index (χ1) is 9.65. The number of carbonyl (C=O) groups excluding carboxylic acids is 1. The Morgan fingerprint density at radius 3 is 2.70 bits per heavy atom. The number of anilines is 1. The molecule has 2 N–H and O–H groups in total. The minimum absolute atomic E-state index is 0.0412. The van der Waals surface area contributed by atoms with Crippen LogP contribution in [0.1, 0.15) is 32.3 Å². The van der Waals surface area contributed by atoms with Crippen LogP contribution in [0.3, 0.4) is 0 Å². The third-order valence-corrected chi connectivity index (χ3v) is 3.47. The lowest BCUT2D eigenvalue weighted by Crippen LogP contribution is -2.21. The number of phenols is 1. The molecule has 0 spiro atoms. The van der Waals surface area contributed by atoms with Gasteiger partial charge in [0.05, 0.1) is 6.21 Å². The molecule has 2 rings (SSSR count). The largest absolute Gasteiger partial charge is 0.507 e. The Kier molecular flexibility index (Phi) is 4.61. The Bertz CT molecular complexity index is 506. The zero-order valence-electron chi connectivity index (χ0n) is 12.0. The molecule has 1 amide bonds. The SMILES string of the molecule is CCN(CC)c1ccc(/C=N\NC(=O)C2CC2)c(O)c1. The van der Waals surface area contributed by atoms with Crippen molar-refractivity contribution in [1.82, 2.24) is 5.43 Å². The summed E-state index contributed by atoms with van der Waals surface area (Å²) < 4.78 is 0. The van der Waals surface area contributed by atoms with Gasteiger partial charge < -0.3 is 10.0 Å². The number of aromatic hydroxyl groups is 1. The van der Waals surface area contributed by atoms with E-state index in [0.717, 1.165) is 31.6 Å². The lowest BCUT2D eigenvalue weighted by atomic mass is 10.2. The van der Waals surface area contributed by atoms with E-state index in [1.165, 1.54) is 6.21 Å². The number of phenolic OH excluding ortho intramolecular Hbond substituents is 1. The molecular formula is C15H21N3O2. The first-order valence-corrected chi connectivity index (χ1v) is 7.06. The van der Waals surface area contributed by atoms with Crippen molar-refractivity contribution in [2.45, 2.75) is 26.7 Å². The third kappa shape index (κ3) is 3.50. The zero-order valence-corrected chi connectivity index (χ0v) is 12.0. The predicted octanol–water partition coefficient (Wildman–Crippen LogP) is 2.10. The number of rotatable bonds is 6. The average Bonchev–Trinajstić information content (AvgIpc) is 3.27. The lowest BCUT2D eigenvalue weighted by Gasteiger charge is -2.21. The second-order valence-electron chi connectivity index (χ2n) is 4.92. The first kappa shape index (κ1) is 14.4. The molecule has 0 atom stereocenters. The highest BCUT2D eigenvalue weighted by atomic mass is 16.3. The summed E-state index contributed by atoms with van der Waals surface area (Å²) in [6.45, 7) is 5.92. The quantitative estimate of drug-likeness (QED) is 0.617. The molecule has 1 aliphatic carbocycles. The molecule has 0 radical (unpaired) electrons. The minimum atomic E-state index is -0.0412. The van der Waals surface area contributed by atoms with E-state index in [1.807, 2.05) is 6.07 Å². The number of nitrogens with one attached hydrogen (secondary N) is 1. The highest BCUT2D eigenvalue weighted by Gasteiger charge is 2.29. The summed E-state index contributed by atoms with van der Waals surface area (Å²) >= 11 is 0. The summed E-state index contributed by atoms with van der Waals surface area (Å²) in [5.41, 5.74) is 4.06. The molecule has 1 aliphatic rings. The fourth-order valence-corrected chi connectivity index (χ4v) is 2.03. The number of nitrogens with zero attached hydrogens (tertiary/aromatic N) is 2. The van der Waals surface area contributed by atoms with Gasteiger partial charge in [0.25, 0.3) is 0 Å². The van der Waals surface area contributed by atoms with Gasteiger partial charge in [0.1, 0.15) is 5.75 Å². The summed E-state index contributed by atoms with van der Waals surface area (Å²) in [6.07, 6.45) is 3.37. The number of hydrazone groups is 1. The van der Waals surface area contributed by atoms with Crippen molar-refractivity contribution in [1.29, 1.82) is 0 Å². The molecule has 1 aromatic rings. The van der Waals surface area contributed by atoms with E-state index in [1.54, 1.807) is 12.1 Å². The average molecular weight is 275 g/mol. The van der Waals surface area contributed by atoms with Gasteiger partial charge in [-0.25, -0.2) is 5.43 Å². The normalized spacial score (nSPS) is 14.5. The van der Waals surface area contributed by atoms with E-state index in [4.69, 9.17) is 0 Å². The van der Waals surface area contributed by atoms with Crippen molar-refractivity contribution in [3.8, 4) is 5.75 Å². The summed E-state index contributed by atoms with van der Waals surface area (Å²) in [5, 5.41) is 13.9. The van der Waals surface area contributed by atoms with Gasteiger partial charge in [-0.05, 0) is 38.8 Å². The van der Waals surface area contributed by atoms with Gasteiger partial charge in [0, 0.05) is 36.3 Å². The molecule has 0 bridgehead atoms. The molecule has 20 heavy (non-hydrogen) atoms. The van der Waals surface area contributed by atoms with E-state index >= 15 is 0 Å². The third-order valence-electron chi connectivity index (χ3n) is 3.47. The lowest BCUT2D eigenvalue weighted by molar-refractivity contribution is -0.122. The monoisotopic (exact) mass is 275 g/mol. The van der Waals surface area contributed by atoms with Gasteiger partial charge in [-0.15, -0.1) is 0 Å². The van der Waals surface area contributed by atoms with Gasteiger partial charge in [0.15, 0.2) is 0 Å². The molecule has 0 saturated heterocycles. The van der Waals surface area contributed by atoms with Crippen LogP contribution in [0, 0.1) is 5.92 Å². The first-order valence-electron chi connectivity index (χ1n) is 7.06. The van der Waals surface area contributed by atoms with Gasteiger partial charge >= 0.3 is 0 Å². The smallest absolute Gasteiger partial charge is 0.243 e. The van der Waals surface area contributed by atoms with E-state index in [0.29, 0.717) is 5.56 Å².